The Morgan fingerprint density at radius 1 is 1.23 bits per heavy atom. The lowest BCUT2D eigenvalue weighted by Crippen LogP contribution is -2.57. The molecule has 1 amide bonds. The molecular weight excluding hydrogens is 422 g/mol. The summed E-state index contributed by atoms with van der Waals surface area (Å²) in [7, 11) is -3.90. The first-order valence-corrected chi connectivity index (χ1v) is 11.5. The lowest BCUT2D eigenvalue weighted by Gasteiger charge is -2.35. The first kappa shape index (κ1) is 23.2. The Labute approximate surface area is 182 Å². The molecule has 3 N–H and O–H groups in total. The Balaban J connectivity index is 1.56. The minimum Gasteiger partial charge on any atom is -0.490 e. The van der Waals surface area contributed by atoms with Crippen molar-refractivity contribution in [2.24, 2.45) is 5.41 Å². The second-order valence-electron chi connectivity index (χ2n) is 8.58. The summed E-state index contributed by atoms with van der Waals surface area (Å²) >= 11 is 0. The van der Waals surface area contributed by atoms with Crippen molar-refractivity contribution in [3.63, 3.8) is 0 Å². The van der Waals surface area contributed by atoms with Crippen molar-refractivity contribution in [3.8, 4) is 11.4 Å². The van der Waals surface area contributed by atoms with Gasteiger partial charge >= 0.3 is 0 Å². The van der Waals surface area contributed by atoms with Gasteiger partial charge in [0.15, 0.2) is 0 Å². The minimum atomic E-state index is -3.90. The van der Waals surface area contributed by atoms with Gasteiger partial charge in [0.25, 0.3) is 16.1 Å². The number of benzene rings is 1. The van der Waals surface area contributed by atoms with Gasteiger partial charge in [0.1, 0.15) is 17.9 Å². The zero-order valence-corrected chi connectivity index (χ0v) is 18.7. The second-order valence-corrected chi connectivity index (χ2v) is 10.3. The number of imidazole rings is 1. The number of hydrogen-bond acceptors (Lipinski definition) is 6. The van der Waals surface area contributed by atoms with Gasteiger partial charge in [-0.05, 0) is 42.5 Å². The lowest BCUT2D eigenvalue weighted by molar-refractivity contribution is -0.133. The van der Waals surface area contributed by atoms with Gasteiger partial charge in [0.2, 0.25) is 0 Å². The third kappa shape index (κ3) is 5.82. The van der Waals surface area contributed by atoms with Gasteiger partial charge in [-0.25, -0.2) is 10.5 Å². The maximum Gasteiger partial charge on any atom is 0.280 e. The van der Waals surface area contributed by atoms with E-state index in [-0.39, 0.29) is 19.2 Å². The molecule has 1 fully saturated rings. The molecule has 31 heavy (non-hydrogen) atoms. The molecule has 11 heteroatoms. The zero-order chi connectivity index (χ0) is 22.6. The van der Waals surface area contributed by atoms with Crippen molar-refractivity contribution >= 4 is 16.1 Å². The SMILES string of the molecule is CC(C)(C)[C@@H](NS(=O)(=O)N1CCC(Oc2ccc(-n3ccnc3)cc2)CC1)C(=O)NO. The van der Waals surface area contributed by atoms with E-state index in [2.05, 4.69) is 9.71 Å². The smallest absolute Gasteiger partial charge is 0.280 e. The van der Waals surface area contributed by atoms with Crippen molar-refractivity contribution in [3.05, 3.63) is 43.0 Å². The highest BCUT2D eigenvalue weighted by Gasteiger charge is 2.38. The third-order valence-corrected chi connectivity index (χ3v) is 6.77. The van der Waals surface area contributed by atoms with Crippen molar-refractivity contribution in [1.29, 1.82) is 0 Å². The molecule has 0 spiro atoms. The van der Waals surface area contributed by atoms with Gasteiger partial charge in [-0.2, -0.15) is 17.4 Å². The molecule has 0 aliphatic carbocycles. The first-order chi connectivity index (χ1) is 14.6. The van der Waals surface area contributed by atoms with E-state index in [9.17, 15) is 13.2 Å². The summed E-state index contributed by atoms with van der Waals surface area (Å²) in [6.07, 6.45) is 6.22. The summed E-state index contributed by atoms with van der Waals surface area (Å²) in [5, 5.41) is 8.95. The van der Waals surface area contributed by atoms with Crippen LogP contribution in [0.5, 0.6) is 5.75 Å². The fraction of sp³-hybridized carbons (Fsp3) is 0.500. The quantitative estimate of drug-likeness (QED) is 0.432. The molecule has 2 aromatic rings. The summed E-state index contributed by atoms with van der Waals surface area (Å²) in [5.74, 6) is -0.0795. The fourth-order valence-corrected chi connectivity index (χ4v) is 5.00. The number of ether oxygens (including phenoxy) is 1. The maximum atomic E-state index is 12.8. The van der Waals surface area contributed by atoms with Gasteiger partial charge in [-0.15, -0.1) is 0 Å². The number of carbonyl (C=O) groups excluding carboxylic acids is 1. The largest absolute Gasteiger partial charge is 0.490 e. The standard InChI is InChI=1S/C20H29N5O5S/c1-20(2,3)18(19(26)22-27)23-31(28,29)25-11-8-17(9-12-25)30-16-6-4-15(5-7-16)24-13-10-21-14-24/h4-7,10,13-14,17-18,23,27H,8-9,11-12H2,1-3H3,(H,22,26)/t18-/m0/s1. The van der Waals surface area contributed by atoms with Crippen molar-refractivity contribution < 1.29 is 23.2 Å². The third-order valence-electron chi connectivity index (χ3n) is 5.19. The monoisotopic (exact) mass is 451 g/mol. The minimum absolute atomic E-state index is 0.107. The zero-order valence-electron chi connectivity index (χ0n) is 17.9. The number of nitrogens with one attached hydrogen (secondary N) is 2. The molecule has 1 aromatic carbocycles. The Bertz CT molecular complexity index is 962. The van der Waals surface area contributed by atoms with Crippen LogP contribution in [0.4, 0.5) is 0 Å². The molecule has 1 atom stereocenters. The van der Waals surface area contributed by atoms with Gasteiger partial charge in [0.05, 0.1) is 6.33 Å². The lowest BCUT2D eigenvalue weighted by atomic mass is 9.87. The van der Waals surface area contributed by atoms with Crippen LogP contribution in [0.15, 0.2) is 43.0 Å². The highest BCUT2D eigenvalue weighted by atomic mass is 32.2. The summed E-state index contributed by atoms with van der Waals surface area (Å²) in [6, 6.07) is 6.51. The first-order valence-electron chi connectivity index (χ1n) is 10.1. The summed E-state index contributed by atoms with van der Waals surface area (Å²) in [5.41, 5.74) is 1.79. The van der Waals surface area contributed by atoms with E-state index >= 15 is 0 Å². The Morgan fingerprint density at radius 3 is 2.39 bits per heavy atom. The number of piperidine rings is 1. The van der Waals surface area contributed by atoms with Crippen molar-refractivity contribution in [2.45, 2.75) is 45.8 Å². The van der Waals surface area contributed by atoms with Crippen LogP contribution in [0.1, 0.15) is 33.6 Å². The van der Waals surface area contributed by atoms with E-state index in [1.165, 1.54) is 9.79 Å². The molecule has 170 valence electrons. The van der Waals surface area contributed by atoms with E-state index in [1.807, 2.05) is 35.0 Å². The normalized spacial score (nSPS) is 17.3. The van der Waals surface area contributed by atoms with Crippen LogP contribution in [0.3, 0.4) is 0 Å². The molecule has 2 heterocycles. The second kappa shape index (κ2) is 9.35. The Morgan fingerprint density at radius 2 is 1.87 bits per heavy atom. The number of aromatic nitrogens is 2. The molecular formula is C20H29N5O5S. The van der Waals surface area contributed by atoms with E-state index in [4.69, 9.17) is 9.94 Å². The van der Waals surface area contributed by atoms with Crippen molar-refractivity contribution in [1.82, 2.24) is 24.1 Å². The van der Waals surface area contributed by atoms with E-state index in [0.717, 1.165) is 11.4 Å². The van der Waals surface area contributed by atoms with Crippen LogP contribution in [-0.4, -0.2) is 58.6 Å². The van der Waals surface area contributed by atoms with Crippen LogP contribution < -0.4 is 14.9 Å². The summed E-state index contributed by atoms with van der Waals surface area (Å²) < 4.78 is 37.2. The Hall–Kier alpha value is -2.47. The molecule has 0 bridgehead atoms. The van der Waals surface area contributed by atoms with Crippen LogP contribution >= 0.6 is 0 Å². The van der Waals surface area contributed by atoms with Crippen LogP contribution in [0.2, 0.25) is 0 Å². The molecule has 1 aliphatic heterocycles. The van der Waals surface area contributed by atoms with Gasteiger partial charge in [-0.1, -0.05) is 20.8 Å². The molecule has 1 aliphatic rings. The average molecular weight is 452 g/mol. The number of rotatable bonds is 7. The average Bonchev–Trinajstić information content (AvgIpc) is 3.26. The van der Waals surface area contributed by atoms with Gasteiger partial charge in [-0.3, -0.25) is 10.0 Å². The fourth-order valence-electron chi connectivity index (χ4n) is 3.40. The maximum absolute atomic E-state index is 12.8. The van der Waals surface area contributed by atoms with E-state index in [1.54, 1.807) is 33.3 Å². The number of hydroxylamine groups is 1. The van der Waals surface area contributed by atoms with Gasteiger partial charge < -0.3 is 9.30 Å². The van der Waals surface area contributed by atoms with Crippen LogP contribution in [0.25, 0.3) is 5.69 Å². The van der Waals surface area contributed by atoms with Crippen LogP contribution in [0, 0.1) is 5.41 Å². The highest BCUT2D eigenvalue weighted by Crippen LogP contribution is 2.24. The topological polar surface area (TPSA) is 126 Å². The number of hydrogen-bond donors (Lipinski definition) is 3. The summed E-state index contributed by atoms with van der Waals surface area (Å²) in [4.78, 5) is 16.0. The molecule has 1 saturated heterocycles. The molecule has 1 aromatic heterocycles. The molecule has 0 saturated carbocycles. The predicted molar refractivity (Wildman–Crippen MR) is 114 cm³/mol. The van der Waals surface area contributed by atoms with Crippen molar-refractivity contribution in [2.75, 3.05) is 13.1 Å². The summed E-state index contributed by atoms with van der Waals surface area (Å²) in [6.45, 7) is 5.68. The molecule has 10 nitrogen and oxygen atoms in total. The Kier molecular flexibility index (Phi) is 6.99. The van der Waals surface area contributed by atoms with E-state index < -0.39 is 27.6 Å². The molecule has 0 radical (unpaired) electrons. The number of nitrogens with zero attached hydrogens (tertiary/aromatic N) is 3. The number of amides is 1. The highest BCUT2D eigenvalue weighted by molar-refractivity contribution is 7.87. The predicted octanol–water partition coefficient (Wildman–Crippen LogP) is 1.47. The van der Waals surface area contributed by atoms with Gasteiger partial charge in [0, 0.05) is 31.2 Å². The van der Waals surface area contributed by atoms with E-state index in [0.29, 0.717) is 12.8 Å². The molecule has 3 rings (SSSR count). The number of carbonyl (C=O) groups is 1. The molecule has 0 unspecified atom stereocenters. The van der Waals surface area contributed by atoms with Crippen LogP contribution in [-0.2, 0) is 15.0 Å².